The Hall–Kier alpha value is -2.17. The Morgan fingerprint density at radius 1 is 1.29 bits per heavy atom. The average molecular weight is 229 g/mol. The van der Waals surface area contributed by atoms with E-state index in [-0.39, 0.29) is 5.96 Å². The summed E-state index contributed by atoms with van der Waals surface area (Å²) in [5.74, 6) is 0.271. The fraction of sp³-hybridized carbons (Fsp3) is 0.250. The van der Waals surface area contributed by atoms with Crippen molar-refractivity contribution in [2.75, 3.05) is 0 Å². The molecule has 0 saturated carbocycles. The highest BCUT2D eigenvalue weighted by Crippen LogP contribution is 2.20. The smallest absolute Gasteiger partial charge is 0.253 e. The fourth-order valence-electron chi connectivity index (χ4n) is 1.70. The lowest BCUT2D eigenvalue weighted by atomic mass is 10.1. The first-order valence-electron chi connectivity index (χ1n) is 5.47. The van der Waals surface area contributed by atoms with E-state index in [0.29, 0.717) is 5.95 Å². The summed E-state index contributed by atoms with van der Waals surface area (Å²) in [5, 5.41) is 1.04. The van der Waals surface area contributed by atoms with E-state index in [1.807, 2.05) is 19.1 Å². The van der Waals surface area contributed by atoms with E-state index in [2.05, 4.69) is 28.0 Å². The molecule has 4 N–H and O–H groups in total. The summed E-state index contributed by atoms with van der Waals surface area (Å²) in [5.41, 5.74) is 13.6. The van der Waals surface area contributed by atoms with Crippen molar-refractivity contribution in [2.24, 2.45) is 16.5 Å². The van der Waals surface area contributed by atoms with Gasteiger partial charge in [0, 0.05) is 5.39 Å². The summed E-state index contributed by atoms with van der Waals surface area (Å²) in [7, 11) is 0. The van der Waals surface area contributed by atoms with Crippen LogP contribution >= 0.6 is 0 Å². The standard InChI is InChI=1S/C12H15N5/c1-3-8-4-5-10-9(6-8)7(2)15-12(16-10)17-11(13)14/h4-6H,3H2,1-2H3,(H4,13,14,15,16,17). The van der Waals surface area contributed by atoms with Crippen molar-refractivity contribution < 1.29 is 0 Å². The molecular weight excluding hydrogens is 214 g/mol. The van der Waals surface area contributed by atoms with Crippen molar-refractivity contribution >= 4 is 22.8 Å². The molecule has 5 nitrogen and oxygen atoms in total. The van der Waals surface area contributed by atoms with Crippen LogP contribution in [0.5, 0.6) is 0 Å². The molecule has 0 fully saturated rings. The molecule has 0 spiro atoms. The fourth-order valence-corrected chi connectivity index (χ4v) is 1.70. The lowest BCUT2D eigenvalue weighted by Crippen LogP contribution is -2.22. The summed E-state index contributed by atoms with van der Waals surface area (Å²) in [6, 6.07) is 6.12. The van der Waals surface area contributed by atoms with Gasteiger partial charge in [0.1, 0.15) is 0 Å². The number of fused-ring (bicyclic) bond motifs is 1. The molecule has 0 aliphatic carbocycles. The van der Waals surface area contributed by atoms with Crippen molar-refractivity contribution in [1.29, 1.82) is 0 Å². The second-order valence-corrected chi connectivity index (χ2v) is 3.85. The maximum atomic E-state index is 5.31. The predicted octanol–water partition coefficient (Wildman–Crippen LogP) is 1.41. The van der Waals surface area contributed by atoms with Crippen molar-refractivity contribution in [3.63, 3.8) is 0 Å². The number of aliphatic imine (C=N–C) groups is 1. The molecule has 17 heavy (non-hydrogen) atoms. The normalized spacial score (nSPS) is 10.5. The maximum absolute atomic E-state index is 5.31. The Morgan fingerprint density at radius 2 is 2.06 bits per heavy atom. The van der Waals surface area contributed by atoms with Crippen LogP contribution in [0.15, 0.2) is 23.2 Å². The van der Waals surface area contributed by atoms with E-state index < -0.39 is 0 Å². The molecule has 0 radical (unpaired) electrons. The molecule has 2 aromatic rings. The molecule has 0 aliphatic heterocycles. The monoisotopic (exact) mass is 229 g/mol. The van der Waals surface area contributed by atoms with Gasteiger partial charge in [-0.15, -0.1) is 0 Å². The third kappa shape index (κ3) is 2.33. The van der Waals surface area contributed by atoms with Crippen molar-refractivity contribution in [3.05, 3.63) is 29.5 Å². The average Bonchev–Trinajstić information content (AvgIpc) is 2.28. The maximum Gasteiger partial charge on any atom is 0.253 e. The minimum atomic E-state index is -0.0334. The van der Waals surface area contributed by atoms with Gasteiger partial charge in [-0.05, 0) is 31.0 Å². The van der Waals surface area contributed by atoms with E-state index in [1.54, 1.807) is 0 Å². The van der Waals surface area contributed by atoms with Crippen LogP contribution in [0.1, 0.15) is 18.2 Å². The summed E-state index contributed by atoms with van der Waals surface area (Å²) >= 11 is 0. The highest BCUT2D eigenvalue weighted by Gasteiger charge is 2.04. The number of aryl methyl sites for hydroxylation is 2. The van der Waals surface area contributed by atoms with Gasteiger partial charge in [-0.25, -0.2) is 9.97 Å². The SMILES string of the molecule is CCc1ccc2nc(N=C(N)N)nc(C)c2c1. The highest BCUT2D eigenvalue weighted by molar-refractivity contribution is 5.83. The number of aromatic nitrogens is 2. The zero-order valence-electron chi connectivity index (χ0n) is 9.94. The molecule has 0 saturated heterocycles. The Bertz CT molecular complexity index is 585. The molecule has 1 aromatic heterocycles. The highest BCUT2D eigenvalue weighted by atomic mass is 15.1. The lowest BCUT2D eigenvalue weighted by Gasteiger charge is -2.04. The minimum absolute atomic E-state index is 0.0334. The Labute approximate surface area is 99.6 Å². The van der Waals surface area contributed by atoms with E-state index in [4.69, 9.17) is 11.5 Å². The summed E-state index contributed by atoms with van der Waals surface area (Å²) in [4.78, 5) is 12.4. The second kappa shape index (κ2) is 4.37. The number of guanidine groups is 1. The number of hydrogen-bond acceptors (Lipinski definition) is 3. The predicted molar refractivity (Wildman–Crippen MR) is 69.1 cm³/mol. The van der Waals surface area contributed by atoms with Gasteiger partial charge in [-0.2, -0.15) is 4.99 Å². The molecule has 0 unspecified atom stereocenters. The molecule has 5 heteroatoms. The first kappa shape index (κ1) is 11.3. The van der Waals surface area contributed by atoms with Gasteiger partial charge in [0.15, 0.2) is 5.96 Å². The van der Waals surface area contributed by atoms with Gasteiger partial charge in [-0.3, -0.25) is 0 Å². The molecule has 2 rings (SSSR count). The Balaban J connectivity index is 2.63. The molecular formula is C12H15N5. The van der Waals surface area contributed by atoms with Gasteiger partial charge in [0.05, 0.1) is 11.2 Å². The van der Waals surface area contributed by atoms with E-state index in [1.165, 1.54) is 5.56 Å². The van der Waals surface area contributed by atoms with E-state index >= 15 is 0 Å². The van der Waals surface area contributed by atoms with Crippen LogP contribution in [-0.2, 0) is 6.42 Å². The zero-order chi connectivity index (χ0) is 12.4. The van der Waals surface area contributed by atoms with Crippen molar-refractivity contribution in [2.45, 2.75) is 20.3 Å². The third-order valence-corrected chi connectivity index (χ3v) is 2.58. The molecule has 0 amide bonds. The van der Waals surface area contributed by atoms with Gasteiger partial charge in [-0.1, -0.05) is 13.0 Å². The number of rotatable bonds is 2. The third-order valence-electron chi connectivity index (χ3n) is 2.58. The van der Waals surface area contributed by atoms with Crippen LogP contribution < -0.4 is 11.5 Å². The number of benzene rings is 1. The van der Waals surface area contributed by atoms with Crippen molar-refractivity contribution in [3.8, 4) is 0 Å². The van der Waals surface area contributed by atoms with Crippen LogP contribution in [0.3, 0.4) is 0 Å². The van der Waals surface area contributed by atoms with Crippen LogP contribution in [0.25, 0.3) is 10.9 Å². The lowest BCUT2D eigenvalue weighted by molar-refractivity contribution is 1.10. The van der Waals surface area contributed by atoms with Crippen LogP contribution in [-0.4, -0.2) is 15.9 Å². The molecule has 88 valence electrons. The number of hydrogen-bond donors (Lipinski definition) is 2. The zero-order valence-corrected chi connectivity index (χ0v) is 9.94. The molecule has 1 aromatic carbocycles. The summed E-state index contributed by atoms with van der Waals surface area (Å²) in [6.07, 6.45) is 0.991. The summed E-state index contributed by atoms with van der Waals surface area (Å²) in [6.45, 7) is 4.04. The first-order valence-corrected chi connectivity index (χ1v) is 5.47. The van der Waals surface area contributed by atoms with Gasteiger partial charge < -0.3 is 11.5 Å². The summed E-state index contributed by atoms with van der Waals surface area (Å²) < 4.78 is 0. The topological polar surface area (TPSA) is 90.2 Å². The van der Waals surface area contributed by atoms with Gasteiger partial charge in [0.2, 0.25) is 0 Å². The molecule has 0 bridgehead atoms. The minimum Gasteiger partial charge on any atom is -0.370 e. The van der Waals surface area contributed by atoms with Crippen molar-refractivity contribution in [1.82, 2.24) is 9.97 Å². The van der Waals surface area contributed by atoms with Gasteiger partial charge in [0.25, 0.3) is 5.95 Å². The van der Waals surface area contributed by atoms with Crippen LogP contribution in [0.4, 0.5) is 5.95 Å². The Kier molecular flexibility index (Phi) is 2.91. The van der Waals surface area contributed by atoms with E-state index in [0.717, 1.165) is 23.0 Å². The number of nitrogens with two attached hydrogens (primary N) is 2. The second-order valence-electron chi connectivity index (χ2n) is 3.85. The largest absolute Gasteiger partial charge is 0.370 e. The molecule has 1 heterocycles. The first-order chi connectivity index (χ1) is 8.10. The molecule has 0 atom stereocenters. The van der Waals surface area contributed by atoms with E-state index in [9.17, 15) is 0 Å². The quantitative estimate of drug-likeness (QED) is 0.601. The number of nitrogens with zero attached hydrogens (tertiary/aromatic N) is 3. The Morgan fingerprint density at radius 3 is 2.71 bits per heavy atom. The van der Waals surface area contributed by atoms with Crippen LogP contribution in [0, 0.1) is 6.92 Å². The van der Waals surface area contributed by atoms with Crippen LogP contribution in [0.2, 0.25) is 0 Å². The molecule has 0 aliphatic rings. The van der Waals surface area contributed by atoms with Gasteiger partial charge >= 0.3 is 0 Å².